The zero-order valence-corrected chi connectivity index (χ0v) is 15.6. The van der Waals surface area contributed by atoms with Gasteiger partial charge in [0.2, 0.25) is 0 Å². The van der Waals surface area contributed by atoms with Gasteiger partial charge in [-0.15, -0.1) is 0 Å². The summed E-state index contributed by atoms with van der Waals surface area (Å²) in [5.41, 5.74) is 1.92. The predicted octanol–water partition coefficient (Wildman–Crippen LogP) is 3.09. The first-order valence-corrected chi connectivity index (χ1v) is 10.2. The van der Waals surface area contributed by atoms with Gasteiger partial charge in [-0.1, -0.05) is 12.1 Å². The molecule has 0 bridgehead atoms. The third kappa shape index (κ3) is 4.29. The van der Waals surface area contributed by atoms with E-state index in [1.807, 2.05) is 18.2 Å². The van der Waals surface area contributed by atoms with Crippen LogP contribution in [0.1, 0.15) is 12.0 Å². The van der Waals surface area contributed by atoms with Gasteiger partial charge in [-0.3, -0.25) is 0 Å². The summed E-state index contributed by atoms with van der Waals surface area (Å²) in [6, 6.07) is 12.9. The average Bonchev–Trinajstić information content (AvgIpc) is 2.64. The number of anilines is 1. The molecule has 0 radical (unpaired) electrons. The summed E-state index contributed by atoms with van der Waals surface area (Å²) < 4.78 is 28.8. The molecule has 0 saturated heterocycles. The topological polar surface area (TPSA) is 81.2 Å². The summed E-state index contributed by atoms with van der Waals surface area (Å²) in [6.07, 6.45) is 4.48. The Labute approximate surface area is 153 Å². The maximum Gasteiger partial charge on any atom is 0.175 e. The van der Waals surface area contributed by atoms with E-state index in [4.69, 9.17) is 4.74 Å². The normalized spacial score (nSPS) is 11.5. The van der Waals surface area contributed by atoms with Crippen LogP contribution < -0.4 is 10.1 Å². The van der Waals surface area contributed by atoms with Crippen molar-refractivity contribution in [2.45, 2.75) is 17.7 Å². The van der Waals surface area contributed by atoms with Gasteiger partial charge >= 0.3 is 0 Å². The molecule has 0 aliphatic heterocycles. The highest BCUT2D eigenvalue weighted by atomic mass is 32.2. The molecule has 0 aliphatic carbocycles. The zero-order chi connectivity index (χ0) is 18.6. The number of nitrogens with one attached hydrogen (secondary N) is 1. The Bertz CT molecular complexity index is 1020. The Morgan fingerprint density at radius 2 is 1.96 bits per heavy atom. The Morgan fingerprint density at radius 3 is 2.73 bits per heavy atom. The first-order valence-electron chi connectivity index (χ1n) is 8.29. The van der Waals surface area contributed by atoms with E-state index in [1.54, 1.807) is 25.3 Å². The SMILES string of the molecule is COc1cccc(CCCNc2ncnc3ccc(S(C)(=O)=O)cc23)c1. The van der Waals surface area contributed by atoms with E-state index in [2.05, 4.69) is 21.4 Å². The molecule has 2 aromatic carbocycles. The maximum absolute atomic E-state index is 11.8. The summed E-state index contributed by atoms with van der Waals surface area (Å²) >= 11 is 0. The summed E-state index contributed by atoms with van der Waals surface area (Å²) in [5.74, 6) is 1.50. The summed E-state index contributed by atoms with van der Waals surface area (Å²) in [7, 11) is -1.62. The quantitative estimate of drug-likeness (QED) is 0.643. The van der Waals surface area contributed by atoms with Crippen molar-refractivity contribution < 1.29 is 13.2 Å². The molecule has 0 aliphatic rings. The second-order valence-corrected chi connectivity index (χ2v) is 8.07. The minimum atomic E-state index is -3.27. The number of sulfone groups is 1. The van der Waals surface area contributed by atoms with Crippen LogP contribution >= 0.6 is 0 Å². The lowest BCUT2D eigenvalue weighted by molar-refractivity contribution is 0.414. The Morgan fingerprint density at radius 1 is 1.12 bits per heavy atom. The molecule has 7 heteroatoms. The van der Waals surface area contributed by atoms with Crippen LogP contribution in [0.5, 0.6) is 5.75 Å². The number of rotatable bonds is 7. The highest BCUT2D eigenvalue weighted by Crippen LogP contribution is 2.23. The van der Waals surface area contributed by atoms with Crippen LogP contribution in [0.15, 0.2) is 53.7 Å². The number of aromatic nitrogens is 2. The molecule has 0 saturated carbocycles. The average molecular weight is 371 g/mol. The van der Waals surface area contributed by atoms with E-state index in [9.17, 15) is 8.42 Å². The number of fused-ring (bicyclic) bond motifs is 1. The Kier molecular flexibility index (Phi) is 5.37. The smallest absolute Gasteiger partial charge is 0.175 e. The van der Waals surface area contributed by atoms with E-state index in [1.165, 1.54) is 18.1 Å². The van der Waals surface area contributed by atoms with Crippen molar-refractivity contribution >= 4 is 26.6 Å². The number of benzene rings is 2. The molecule has 1 heterocycles. The van der Waals surface area contributed by atoms with Gasteiger partial charge < -0.3 is 10.1 Å². The molecule has 1 aromatic heterocycles. The third-order valence-corrected chi connectivity index (χ3v) is 5.21. The van der Waals surface area contributed by atoms with Crippen molar-refractivity contribution in [3.63, 3.8) is 0 Å². The number of nitrogens with zero attached hydrogens (tertiary/aromatic N) is 2. The molecule has 3 aromatic rings. The fraction of sp³-hybridized carbons (Fsp3) is 0.263. The van der Waals surface area contributed by atoms with Crippen LogP contribution in [-0.2, 0) is 16.3 Å². The monoisotopic (exact) mass is 371 g/mol. The van der Waals surface area contributed by atoms with Crippen molar-refractivity contribution in [1.29, 1.82) is 0 Å². The molecule has 0 spiro atoms. The number of hydrogen-bond acceptors (Lipinski definition) is 6. The number of aryl methyl sites for hydroxylation is 1. The van der Waals surface area contributed by atoms with Crippen molar-refractivity contribution in [3.05, 3.63) is 54.4 Å². The van der Waals surface area contributed by atoms with Gasteiger partial charge in [-0.05, 0) is 48.7 Å². The molecule has 26 heavy (non-hydrogen) atoms. The molecular formula is C19H21N3O3S. The van der Waals surface area contributed by atoms with Crippen molar-refractivity contribution in [3.8, 4) is 5.75 Å². The number of ether oxygens (including phenoxy) is 1. The van der Waals surface area contributed by atoms with Crippen molar-refractivity contribution in [2.24, 2.45) is 0 Å². The van der Waals surface area contributed by atoms with Gasteiger partial charge in [-0.25, -0.2) is 18.4 Å². The van der Waals surface area contributed by atoms with Gasteiger partial charge in [0.05, 0.1) is 17.5 Å². The van der Waals surface area contributed by atoms with E-state index in [0.717, 1.165) is 18.6 Å². The summed E-state index contributed by atoms with van der Waals surface area (Å²) in [6.45, 7) is 0.715. The molecule has 0 amide bonds. The minimum Gasteiger partial charge on any atom is -0.497 e. The van der Waals surface area contributed by atoms with Gasteiger partial charge in [0, 0.05) is 18.2 Å². The molecule has 1 N–H and O–H groups in total. The van der Waals surface area contributed by atoms with Gasteiger partial charge in [0.25, 0.3) is 0 Å². The van der Waals surface area contributed by atoms with Crippen molar-refractivity contribution in [1.82, 2.24) is 9.97 Å². The largest absolute Gasteiger partial charge is 0.497 e. The highest BCUT2D eigenvalue weighted by Gasteiger charge is 2.10. The van der Waals surface area contributed by atoms with Crippen LogP contribution in [0, 0.1) is 0 Å². The highest BCUT2D eigenvalue weighted by molar-refractivity contribution is 7.90. The lowest BCUT2D eigenvalue weighted by Crippen LogP contribution is -2.06. The zero-order valence-electron chi connectivity index (χ0n) is 14.8. The van der Waals surface area contributed by atoms with E-state index in [0.29, 0.717) is 23.3 Å². The molecule has 136 valence electrons. The van der Waals surface area contributed by atoms with Gasteiger partial charge in [-0.2, -0.15) is 0 Å². The fourth-order valence-electron chi connectivity index (χ4n) is 2.73. The van der Waals surface area contributed by atoms with E-state index in [-0.39, 0.29) is 4.90 Å². The van der Waals surface area contributed by atoms with Crippen LogP contribution in [0.4, 0.5) is 5.82 Å². The van der Waals surface area contributed by atoms with Crippen LogP contribution in [0.3, 0.4) is 0 Å². The van der Waals surface area contributed by atoms with Gasteiger partial charge in [0.15, 0.2) is 9.84 Å². The standard InChI is InChI=1S/C19H21N3O3S/c1-25-15-7-3-5-14(11-15)6-4-10-20-19-17-12-16(26(2,23)24)8-9-18(17)21-13-22-19/h3,5,7-9,11-13H,4,6,10H2,1-2H3,(H,20,21,22). The van der Waals surface area contributed by atoms with Crippen LogP contribution in [0.25, 0.3) is 10.9 Å². The first-order chi connectivity index (χ1) is 12.5. The fourth-order valence-corrected chi connectivity index (χ4v) is 3.38. The summed E-state index contributed by atoms with van der Waals surface area (Å²) in [5, 5.41) is 3.99. The number of methoxy groups -OCH3 is 1. The van der Waals surface area contributed by atoms with E-state index < -0.39 is 9.84 Å². The second kappa shape index (κ2) is 7.70. The van der Waals surface area contributed by atoms with Crippen molar-refractivity contribution in [2.75, 3.05) is 25.2 Å². The predicted molar refractivity (Wildman–Crippen MR) is 102 cm³/mol. The molecule has 6 nitrogen and oxygen atoms in total. The molecule has 0 atom stereocenters. The molecule has 0 unspecified atom stereocenters. The van der Waals surface area contributed by atoms with Crippen LogP contribution in [0.2, 0.25) is 0 Å². The minimum absolute atomic E-state index is 0.263. The van der Waals surface area contributed by atoms with E-state index >= 15 is 0 Å². The maximum atomic E-state index is 11.8. The second-order valence-electron chi connectivity index (χ2n) is 6.06. The molecule has 0 fully saturated rings. The Hall–Kier alpha value is -2.67. The van der Waals surface area contributed by atoms with Gasteiger partial charge in [0.1, 0.15) is 17.9 Å². The van der Waals surface area contributed by atoms with Crippen LogP contribution in [-0.4, -0.2) is 38.3 Å². The molecule has 3 rings (SSSR count). The Balaban J connectivity index is 1.70. The molecular weight excluding hydrogens is 350 g/mol. The lowest BCUT2D eigenvalue weighted by Gasteiger charge is -2.09. The number of hydrogen-bond donors (Lipinski definition) is 1. The lowest BCUT2D eigenvalue weighted by atomic mass is 10.1. The first kappa shape index (κ1) is 18.1. The third-order valence-electron chi connectivity index (χ3n) is 4.10. The summed E-state index contributed by atoms with van der Waals surface area (Å²) in [4.78, 5) is 8.73.